The van der Waals surface area contributed by atoms with E-state index in [0.29, 0.717) is 13.0 Å². The monoisotopic (exact) mass is 275 g/mol. The number of carbonyl (C=O) groups is 1. The van der Waals surface area contributed by atoms with Crippen LogP contribution in [-0.4, -0.2) is 26.4 Å². The average Bonchev–Trinajstić information content (AvgIpc) is 2.83. The quantitative estimate of drug-likeness (QED) is 0.849. The van der Waals surface area contributed by atoms with E-state index in [4.69, 9.17) is 0 Å². The summed E-state index contributed by atoms with van der Waals surface area (Å²) in [6, 6.07) is 8.02. The number of aliphatic carboxylic acids is 1. The summed E-state index contributed by atoms with van der Waals surface area (Å²) in [5.41, 5.74) is 1.06. The fourth-order valence-electron chi connectivity index (χ4n) is 2.20. The highest BCUT2D eigenvalue weighted by atomic mass is 16.4. The summed E-state index contributed by atoms with van der Waals surface area (Å²) in [5, 5.41) is 18.0. The Morgan fingerprint density at radius 3 is 2.70 bits per heavy atom. The molecule has 0 radical (unpaired) electrons. The van der Waals surface area contributed by atoms with E-state index in [9.17, 15) is 9.90 Å². The first kappa shape index (κ1) is 14.5. The molecular formula is C15H21N3O2. The van der Waals surface area contributed by atoms with Gasteiger partial charge in [0.25, 0.3) is 0 Å². The zero-order valence-corrected chi connectivity index (χ0v) is 12.2. The van der Waals surface area contributed by atoms with Gasteiger partial charge in [-0.05, 0) is 26.3 Å². The Balaban J connectivity index is 2.28. The Morgan fingerprint density at radius 1 is 1.40 bits per heavy atom. The third-order valence-electron chi connectivity index (χ3n) is 3.86. The number of rotatable bonds is 6. The number of aromatic nitrogens is 2. The molecule has 108 valence electrons. The van der Waals surface area contributed by atoms with Crippen molar-refractivity contribution in [3.05, 3.63) is 30.0 Å². The minimum absolute atomic E-state index is 0.449. The molecule has 1 aromatic carbocycles. The van der Waals surface area contributed by atoms with Crippen LogP contribution in [0.3, 0.4) is 0 Å². The van der Waals surface area contributed by atoms with Crippen LogP contribution >= 0.6 is 0 Å². The van der Waals surface area contributed by atoms with E-state index in [1.165, 1.54) is 0 Å². The van der Waals surface area contributed by atoms with Crippen LogP contribution in [-0.2, 0) is 17.9 Å². The van der Waals surface area contributed by atoms with Crippen LogP contribution in [0.4, 0.5) is 0 Å². The Bertz CT molecular complexity index is 621. The molecular weight excluding hydrogens is 254 g/mol. The second-order valence-electron chi connectivity index (χ2n) is 5.12. The maximum Gasteiger partial charge on any atom is 0.323 e. The third kappa shape index (κ3) is 2.54. The number of nitrogens with zero attached hydrogens (tertiary/aromatic N) is 2. The highest BCUT2D eigenvalue weighted by molar-refractivity contribution is 5.82. The van der Waals surface area contributed by atoms with Crippen molar-refractivity contribution in [3.63, 3.8) is 0 Å². The average molecular weight is 275 g/mol. The molecule has 0 bridgehead atoms. The number of carboxylic acids is 1. The Hall–Kier alpha value is -1.88. The van der Waals surface area contributed by atoms with Crippen LogP contribution in [0.25, 0.3) is 10.9 Å². The van der Waals surface area contributed by atoms with Crippen LogP contribution in [0.5, 0.6) is 0 Å². The van der Waals surface area contributed by atoms with Gasteiger partial charge in [-0.2, -0.15) is 5.10 Å². The first-order valence-corrected chi connectivity index (χ1v) is 6.94. The van der Waals surface area contributed by atoms with Gasteiger partial charge in [-0.1, -0.05) is 25.1 Å². The maximum atomic E-state index is 11.3. The maximum absolute atomic E-state index is 11.3. The van der Waals surface area contributed by atoms with Crippen molar-refractivity contribution in [2.75, 3.05) is 0 Å². The summed E-state index contributed by atoms with van der Waals surface area (Å²) in [6.45, 7) is 6.86. The summed E-state index contributed by atoms with van der Waals surface area (Å²) in [7, 11) is 0. The van der Waals surface area contributed by atoms with Crippen molar-refractivity contribution >= 4 is 16.9 Å². The molecule has 5 heteroatoms. The summed E-state index contributed by atoms with van der Waals surface area (Å²) < 4.78 is 1.94. The number of fused-ring (bicyclic) bond motifs is 1. The van der Waals surface area contributed by atoms with Crippen molar-refractivity contribution in [2.24, 2.45) is 0 Å². The van der Waals surface area contributed by atoms with Gasteiger partial charge in [0.1, 0.15) is 5.54 Å². The molecule has 0 aliphatic carbocycles. The van der Waals surface area contributed by atoms with Gasteiger partial charge in [-0.3, -0.25) is 14.8 Å². The molecule has 0 saturated carbocycles. The number of hydrogen-bond donors (Lipinski definition) is 2. The molecule has 1 heterocycles. The predicted molar refractivity (Wildman–Crippen MR) is 78.6 cm³/mol. The van der Waals surface area contributed by atoms with Gasteiger partial charge in [-0.15, -0.1) is 0 Å². The minimum atomic E-state index is -0.920. The summed E-state index contributed by atoms with van der Waals surface area (Å²) >= 11 is 0. The smallest absolute Gasteiger partial charge is 0.323 e. The summed E-state index contributed by atoms with van der Waals surface area (Å²) in [6.07, 6.45) is 0.523. The lowest BCUT2D eigenvalue weighted by Crippen LogP contribution is -2.48. The number of aryl methyl sites for hydroxylation is 1. The highest BCUT2D eigenvalue weighted by Crippen LogP contribution is 2.19. The SMILES string of the molecule is CCn1nc(CNC(C)(CC)C(=O)O)c2ccccc21. The van der Waals surface area contributed by atoms with Crippen LogP contribution in [0.15, 0.2) is 24.3 Å². The first-order chi connectivity index (χ1) is 9.51. The van der Waals surface area contributed by atoms with Crippen molar-refractivity contribution in [1.82, 2.24) is 15.1 Å². The van der Waals surface area contributed by atoms with Crippen molar-refractivity contribution in [2.45, 2.75) is 45.8 Å². The zero-order valence-electron chi connectivity index (χ0n) is 12.2. The van der Waals surface area contributed by atoms with Gasteiger partial charge in [0.05, 0.1) is 11.2 Å². The van der Waals surface area contributed by atoms with Gasteiger partial charge in [-0.25, -0.2) is 0 Å². The molecule has 1 aromatic heterocycles. The molecule has 0 fully saturated rings. The van der Waals surface area contributed by atoms with Crippen LogP contribution in [0, 0.1) is 0 Å². The van der Waals surface area contributed by atoms with Gasteiger partial charge in [0, 0.05) is 18.5 Å². The van der Waals surface area contributed by atoms with E-state index >= 15 is 0 Å². The molecule has 0 spiro atoms. The van der Waals surface area contributed by atoms with Crippen LogP contribution in [0.1, 0.15) is 32.9 Å². The van der Waals surface area contributed by atoms with Gasteiger partial charge < -0.3 is 5.11 Å². The lowest BCUT2D eigenvalue weighted by atomic mass is 9.99. The number of carboxylic acid groups (broad SMARTS) is 1. The van der Waals surface area contributed by atoms with E-state index in [2.05, 4.69) is 10.4 Å². The molecule has 0 aliphatic rings. The van der Waals surface area contributed by atoms with Crippen molar-refractivity contribution in [3.8, 4) is 0 Å². The molecule has 0 amide bonds. The summed E-state index contributed by atoms with van der Waals surface area (Å²) in [4.78, 5) is 11.3. The van der Waals surface area contributed by atoms with E-state index in [1.807, 2.05) is 42.8 Å². The van der Waals surface area contributed by atoms with E-state index in [0.717, 1.165) is 23.1 Å². The first-order valence-electron chi connectivity index (χ1n) is 6.94. The Labute approximate surface area is 118 Å². The molecule has 1 atom stereocenters. The van der Waals surface area contributed by atoms with E-state index < -0.39 is 11.5 Å². The molecule has 2 rings (SSSR count). The fourth-order valence-corrected chi connectivity index (χ4v) is 2.20. The predicted octanol–water partition coefficient (Wildman–Crippen LogP) is 2.40. The van der Waals surface area contributed by atoms with Gasteiger partial charge in [0.15, 0.2) is 0 Å². The second kappa shape index (κ2) is 5.63. The molecule has 20 heavy (non-hydrogen) atoms. The fraction of sp³-hybridized carbons (Fsp3) is 0.467. The van der Waals surface area contributed by atoms with Gasteiger partial charge in [0.2, 0.25) is 0 Å². The number of para-hydroxylation sites is 1. The largest absolute Gasteiger partial charge is 0.480 e. The minimum Gasteiger partial charge on any atom is -0.480 e. The number of benzene rings is 1. The standard InChI is InChI=1S/C15H21N3O2/c1-4-15(3,14(19)20)16-10-12-11-8-6-7-9-13(11)18(5-2)17-12/h6-9,16H,4-5,10H2,1-3H3,(H,19,20). The van der Waals surface area contributed by atoms with Crippen LogP contribution < -0.4 is 5.32 Å². The number of nitrogens with one attached hydrogen (secondary N) is 1. The molecule has 1 unspecified atom stereocenters. The van der Waals surface area contributed by atoms with Crippen molar-refractivity contribution < 1.29 is 9.90 Å². The lowest BCUT2D eigenvalue weighted by molar-refractivity contribution is -0.144. The van der Waals surface area contributed by atoms with Crippen molar-refractivity contribution in [1.29, 1.82) is 0 Å². The molecule has 5 nitrogen and oxygen atoms in total. The lowest BCUT2D eigenvalue weighted by Gasteiger charge is -2.24. The Kier molecular flexibility index (Phi) is 4.09. The molecule has 2 N–H and O–H groups in total. The van der Waals surface area contributed by atoms with Gasteiger partial charge >= 0.3 is 5.97 Å². The second-order valence-corrected chi connectivity index (χ2v) is 5.12. The summed E-state index contributed by atoms with van der Waals surface area (Å²) in [5.74, 6) is -0.834. The van der Waals surface area contributed by atoms with Crippen LogP contribution in [0.2, 0.25) is 0 Å². The topological polar surface area (TPSA) is 67.2 Å². The normalized spacial score (nSPS) is 14.3. The third-order valence-corrected chi connectivity index (χ3v) is 3.86. The molecule has 2 aromatic rings. The zero-order chi connectivity index (χ0) is 14.8. The molecule has 0 aliphatic heterocycles. The Morgan fingerprint density at radius 2 is 2.10 bits per heavy atom. The molecule has 0 saturated heterocycles. The van der Waals surface area contributed by atoms with E-state index in [-0.39, 0.29) is 0 Å². The van der Waals surface area contributed by atoms with E-state index in [1.54, 1.807) is 6.92 Å². The highest BCUT2D eigenvalue weighted by Gasteiger charge is 2.30. The number of hydrogen-bond acceptors (Lipinski definition) is 3.